The maximum absolute atomic E-state index is 11.9. The van der Waals surface area contributed by atoms with Crippen LogP contribution in [0.4, 0.5) is 11.4 Å². The van der Waals surface area contributed by atoms with Gasteiger partial charge in [0.25, 0.3) is 0 Å². The van der Waals surface area contributed by atoms with E-state index in [4.69, 9.17) is 0 Å². The summed E-state index contributed by atoms with van der Waals surface area (Å²) in [7, 11) is 3.28. The summed E-state index contributed by atoms with van der Waals surface area (Å²) in [6.07, 6.45) is 1.58. The van der Waals surface area contributed by atoms with Gasteiger partial charge in [-0.15, -0.1) is 0 Å². The first-order valence-electron chi connectivity index (χ1n) is 6.41. The van der Waals surface area contributed by atoms with E-state index in [-0.39, 0.29) is 11.6 Å². The van der Waals surface area contributed by atoms with Crippen molar-refractivity contribution in [1.29, 1.82) is 0 Å². The third-order valence-corrected chi connectivity index (χ3v) is 3.12. The molecule has 0 radical (unpaired) electrons. The molecule has 0 spiro atoms. The quantitative estimate of drug-likeness (QED) is 0.687. The molecule has 110 valence electrons. The molecule has 1 amide bonds. The smallest absolute Gasteiger partial charge is 0.301 e. The number of nitro benzene ring substituents is 1. The van der Waals surface area contributed by atoms with E-state index >= 15 is 0 Å². The Morgan fingerprint density at radius 2 is 2.10 bits per heavy atom. The van der Waals surface area contributed by atoms with Crippen molar-refractivity contribution in [1.82, 2.24) is 9.88 Å². The minimum Gasteiger partial charge on any atom is -0.368 e. The summed E-state index contributed by atoms with van der Waals surface area (Å²) in [4.78, 5) is 28.3. The number of carbonyl (C=O) groups is 1. The molecule has 1 aromatic carbocycles. The van der Waals surface area contributed by atoms with E-state index in [2.05, 4.69) is 10.3 Å². The Labute approximate surface area is 121 Å². The molecule has 2 aromatic rings. The SMILES string of the molecule is CC(Nc1ccc2ncccc2c1[N+](=O)[O-])C(=O)N(C)C. The van der Waals surface area contributed by atoms with Crippen LogP contribution in [0.15, 0.2) is 30.5 Å². The lowest BCUT2D eigenvalue weighted by molar-refractivity contribution is -0.382. The molecule has 1 N–H and O–H groups in total. The summed E-state index contributed by atoms with van der Waals surface area (Å²) in [5.74, 6) is -0.157. The molecule has 1 unspecified atom stereocenters. The van der Waals surface area contributed by atoms with Gasteiger partial charge < -0.3 is 10.2 Å². The first-order chi connectivity index (χ1) is 9.91. The molecular formula is C14H16N4O3. The van der Waals surface area contributed by atoms with Crippen molar-refractivity contribution in [3.63, 3.8) is 0 Å². The van der Waals surface area contributed by atoms with E-state index in [1.165, 1.54) is 4.90 Å². The minimum absolute atomic E-state index is 0.0704. The highest BCUT2D eigenvalue weighted by molar-refractivity contribution is 5.95. The monoisotopic (exact) mass is 288 g/mol. The Hall–Kier alpha value is -2.70. The number of amides is 1. The second kappa shape index (κ2) is 5.74. The second-order valence-corrected chi connectivity index (χ2v) is 4.89. The van der Waals surface area contributed by atoms with Crippen LogP contribution in [-0.2, 0) is 4.79 Å². The molecule has 7 nitrogen and oxygen atoms in total. The van der Waals surface area contributed by atoms with E-state index in [0.29, 0.717) is 16.6 Å². The first-order valence-corrected chi connectivity index (χ1v) is 6.41. The lowest BCUT2D eigenvalue weighted by atomic mass is 10.1. The fourth-order valence-electron chi connectivity index (χ4n) is 2.13. The van der Waals surface area contributed by atoms with Crippen molar-refractivity contribution >= 4 is 28.2 Å². The van der Waals surface area contributed by atoms with Crippen LogP contribution in [0.3, 0.4) is 0 Å². The Kier molecular flexibility index (Phi) is 4.02. The number of nitro groups is 1. The van der Waals surface area contributed by atoms with Crippen molar-refractivity contribution in [2.75, 3.05) is 19.4 Å². The van der Waals surface area contributed by atoms with Crippen molar-refractivity contribution in [2.24, 2.45) is 0 Å². The number of aromatic nitrogens is 1. The van der Waals surface area contributed by atoms with Gasteiger partial charge in [0.2, 0.25) is 5.91 Å². The number of rotatable bonds is 4. The molecule has 1 heterocycles. The maximum Gasteiger partial charge on any atom is 0.301 e. The average Bonchev–Trinajstić information content (AvgIpc) is 2.45. The topological polar surface area (TPSA) is 88.4 Å². The van der Waals surface area contributed by atoms with Gasteiger partial charge in [-0.25, -0.2) is 0 Å². The largest absolute Gasteiger partial charge is 0.368 e. The minimum atomic E-state index is -0.562. The number of benzene rings is 1. The van der Waals surface area contributed by atoms with E-state index in [9.17, 15) is 14.9 Å². The average molecular weight is 288 g/mol. The van der Waals surface area contributed by atoms with Gasteiger partial charge in [-0.3, -0.25) is 19.9 Å². The van der Waals surface area contributed by atoms with Crippen molar-refractivity contribution in [2.45, 2.75) is 13.0 Å². The predicted octanol–water partition coefficient (Wildman–Crippen LogP) is 2.03. The fraction of sp³-hybridized carbons (Fsp3) is 0.286. The third-order valence-electron chi connectivity index (χ3n) is 3.12. The Balaban J connectivity index is 2.47. The summed E-state index contributed by atoms with van der Waals surface area (Å²) in [6, 6.07) is 6.00. The van der Waals surface area contributed by atoms with Gasteiger partial charge in [-0.1, -0.05) is 0 Å². The number of likely N-dealkylation sites (N-methyl/N-ethyl adjacent to an activating group) is 1. The van der Waals surface area contributed by atoms with E-state index in [0.717, 1.165) is 0 Å². The standard InChI is InChI=1S/C14H16N4O3/c1-9(14(19)17(2)3)16-12-7-6-11-10(5-4-8-15-11)13(12)18(20)21/h4-9,16H,1-3H3. The zero-order valence-electron chi connectivity index (χ0n) is 12.0. The number of nitrogens with zero attached hydrogens (tertiary/aromatic N) is 3. The van der Waals surface area contributed by atoms with E-state index in [1.807, 2.05) is 0 Å². The number of hydrogen-bond donors (Lipinski definition) is 1. The van der Waals surface area contributed by atoms with Crippen LogP contribution in [0.2, 0.25) is 0 Å². The number of nitrogens with one attached hydrogen (secondary N) is 1. The predicted molar refractivity (Wildman–Crippen MR) is 80.2 cm³/mol. The van der Waals surface area contributed by atoms with Gasteiger partial charge in [0, 0.05) is 20.3 Å². The normalized spacial score (nSPS) is 12.0. The molecule has 0 aliphatic carbocycles. The van der Waals surface area contributed by atoms with Gasteiger partial charge in [0.1, 0.15) is 11.7 Å². The molecule has 7 heteroatoms. The van der Waals surface area contributed by atoms with E-state index < -0.39 is 11.0 Å². The van der Waals surface area contributed by atoms with Crippen LogP contribution in [0.25, 0.3) is 10.9 Å². The van der Waals surface area contributed by atoms with Gasteiger partial charge in [-0.05, 0) is 31.2 Å². The maximum atomic E-state index is 11.9. The van der Waals surface area contributed by atoms with Gasteiger partial charge in [0.05, 0.1) is 15.8 Å². The molecule has 0 bridgehead atoms. The van der Waals surface area contributed by atoms with Crippen molar-refractivity contribution < 1.29 is 9.72 Å². The molecule has 0 fully saturated rings. The van der Waals surface area contributed by atoms with Crippen LogP contribution in [0, 0.1) is 10.1 Å². The Bertz CT molecular complexity index is 700. The number of fused-ring (bicyclic) bond motifs is 1. The van der Waals surface area contributed by atoms with Crippen LogP contribution in [0.5, 0.6) is 0 Å². The molecular weight excluding hydrogens is 272 g/mol. The summed E-state index contributed by atoms with van der Waals surface area (Å²) >= 11 is 0. The number of pyridine rings is 1. The molecule has 0 aliphatic heterocycles. The zero-order valence-corrected chi connectivity index (χ0v) is 12.0. The molecule has 0 saturated heterocycles. The van der Waals surface area contributed by atoms with Crippen LogP contribution < -0.4 is 5.32 Å². The second-order valence-electron chi connectivity index (χ2n) is 4.89. The fourth-order valence-corrected chi connectivity index (χ4v) is 2.13. The van der Waals surface area contributed by atoms with Crippen molar-refractivity contribution in [3.05, 3.63) is 40.6 Å². The van der Waals surface area contributed by atoms with Gasteiger partial charge in [-0.2, -0.15) is 0 Å². The summed E-state index contributed by atoms with van der Waals surface area (Å²) in [6.45, 7) is 1.67. The summed E-state index contributed by atoms with van der Waals surface area (Å²) in [5.41, 5.74) is 0.781. The first kappa shape index (κ1) is 14.7. The van der Waals surface area contributed by atoms with E-state index in [1.54, 1.807) is 51.5 Å². The molecule has 1 aromatic heterocycles. The summed E-state index contributed by atoms with van der Waals surface area (Å²) < 4.78 is 0. The molecule has 1 atom stereocenters. The third kappa shape index (κ3) is 2.91. The van der Waals surface area contributed by atoms with Crippen LogP contribution in [0.1, 0.15) is 6.92 Å². The highest BCUT2D eigenvalue weighted by atomic mass is 16.6. The number of hydrogen-bond acceptors (Lipinski definition) is 5. The number of anilines is 1. The van der Waals surface area contributed by atoms with Gasteiger partial charge in [0.15, 0.2) is 0 Å². The molecule has 2 rings (SSSR count). The number of carbonyl (C=O) groups excluding carboxylic acids is 1. The van der Waals surface area contributed by atoms with Crippen molar-refractivity contribution in [3.8, 4) is 0 Å². The molecule has 0 saturated carbocycles. The molecule has 0 aliphatic rings. The summed E-state index contributed by atoms with van der Waals surface area (Å²) in [5, 5.41) is 14.7. The van der Waals surface area contributed by atoms with Crippen LogP contribution in [-0.4, -0.2) is 40.9 Å². The molecule has 21 heavy (non-hydrogen) atoms. The Morgan fingerprint density at radius 1 is 1.38 bits per heavy atom. The highest BCUT2D eigenvalue weighted by Gasteiger charge is 2.22. The Morgan fingerprint density at radius 3 is 2.71 bits per heavy atom. The lowest BCUT2D eigenvalue weighted by Gasteiger charge is -2.19. The lowest BCUT2D eigenvalue weighted by Crippen LogP contribution is -2.36. The highest BCUT2D eigenvalue weighted by Crippen LogP contribution is 2.32. The zero-order chi connectivity index (χ0) is 15.6. The van der Waals surface area contributed by atoms with Gasteiger partial charge >= 0.3 is 5.69 Å². The van der Waals surface area contributed by atoms with Crippen LogP contribution >= 0.6 is 0 Å².